The molecule has 1 saturated heterocycles. The molecule has 0 radical (unpaired) electrons. The molecule has 0 saturated carbocycles. The van der Waals surface area contributed by atoms with Crippen LogP contribution >= 0.6 is 0 Å². The Kier molecular flexibility index (Phi) is 5.75. The number of aromatic amines is 1. The van der Waals surface area contributed by atoms with Crippen molar-refractivity contribution in [2.24, 2.45) is 0 Å². The van der Waals surface area contributed by atoms with Crippen LogP contribution in [0.3, 0.4) is 0 Å². The highest BCUT2D eigenvalue weighted by Gasteiger charge is 2.50. The zero-order valence-corrected chi connectivity index (χ0v) is 17.5. The Balaban J connectivity index is 1.38. The average Bonchev–Trinajstić information content (AvgIpc) is 3.31. The molecule has 0 aliphatic carbocycles. The van der Waals surface area contributed by atoms with E-state index in [1.807, 2.05) is 67.7 Å². The van der Waals surface area contributed by atoms with Gasteiger partial charge in [0.1, 0.15) is 5.54 Å². The number of para-hydroxylation sites is 1. The normalized spacial score (nSPS) is 18.4. The number of hydrogen-bond acceptors (Lipinski definition) is 3. The van der Waals surface area contributed by atoms with Crippen molar-refractivity contribution >= 4 is 28.7 Å². The molecule has 2 heterocycles. The second-order valence-electron chi connectivity index (χ2n) is 7.89. The lowest BCUT2D eigenvalue weighted by atomic mass is 9.89. The summed E-state index contributed by atoms with van der Waals surface area (Å²) in [4.78, 5) is 41.2. The zero-order valence-electron chi connectivity index (χ0n) is 17.5. The van der Waals surface area contributed by atoms with Crippen LogP contribution in [0.4, 0.5) is 4.79 Å². The number of amides is 4. The van der Waals surface area contributed by atoms with Crippen molar-refractivity contribution in [1.82, 2.24) is 20.7 Å². The fraction of sp³-hybridized carbons (Fsp3) is 0.292. The maximum Gasteiger partial charge on any atom is 0.344 e. The number of carbonyl (C=O) groups is 3. The number of benzene rings is 2. The molecular formula is C24H26N4O3. The number of hydrazine groups is 1. The third-order valence-electron chi connectivity index (χ3n) is 5.98. The van der Waals surface area contributed by atoms with Crippen molar-refractivity contribution in [3.8, 4) is 0 Å². The van der Waals surface area contributed by atoms with E-state index >= 15 is 0 Å². The molecule has 4 amide bonds. The summed E-state index contributed by atoms with van der Waals surface area (Å²) in [5.41, 5.74) is 4.63. The van der Waals surface area contributed by atoms with E-state index in [1.54, 1.807) is 0 Å². The van der Waals surface area contributed by atoms with E-state index in [0.717, 1.165) is 27.0 Å². The van der Waals surface area contributed by atoms with Crippen LogP contribution in [0.15, 0.2) is 60.8 Å². The van der Waals surface area contributed by atoms with Crippen molar-refractivity contribution < 1.29 is 14.4 Å². The summed E-state index contributed by atoms with van der Waals surface area (Å²) in [6.45, 7) is 1.87. The van der Waals surface area contributed by atoms with Gasteiger partial charge in [-0.2, -0.15) is 5.01 Å². The van der Waals surface area contributed by atoms with Gasteiger partial charge in [0.15, 0.2) is 0 Å². The SMILES string of the molecule is CCC1(CCc2ccccc2)NC(=O)N(NC(=O)CCc2c[nH]c3ccccc23)C1=O. The minimum absolute atomic E-state index is 0.169. The van der Waals surface area contributed by atoms with Gasteiger partial charge in [0.05, 0.1) is 0 Å². The fourth-order valence-corrected chi connectivity index (χ4v) is 4.08. The molecule has 1 atom stereocenters. The zero-order chi connectivity index (χ0) is 21.8. The standard InChI is InChI=1S/C24H26N4O3/c1-2-24(15-14-17-8-4-3-5-9-17)22(30)28(23(31)26-24)27-21(29)13-12-18-16-25-20-11-7-6-10-19(18)20/h3-11,16,25H,2,12-15H2,1H3,(H,26,31)(H,27,29). The number of nitrogens with zero attached hydrogens (tertiary/aromatic N) is 1. The number of urea groups is 1. The van der Waals surface area contributed by atoms with Crippen molar-refractivity contribution in [3.05, 3.63) is 71.9 Å². The van der Waals surface area contributed by atoms with Crippen LogP contribution in [-0.2, 0) is 22.4 Å². The Bertz CT molecular complexity index is 1110. The smallest absolute Gasteiger partial charge is 0.344 e. The topological polar surface area (TPSA) is 94.3 Å². The quantitative estimate of drug-likeness (QED) is 0.489. The van der Waals surface area contributed by atoms with E-state index in [2.05, 4.69) is 15.7 Å². The van der Waals surface area contributed by atoms with Gasteiger partial charge in [0.2, 0.25) is 5.91 Å². The van der Waals surface area contributed by atoms with Gasteiger partial charge in [0.25, 0.3) is 5.91 Å². The lowest BCUT2D eigenvalue weighted by Gasteiger charge is -2.25. The molecule has 31 heavy (non-hydrogen) atoms. The van der Waals surface area contributed by atoms with Crippen molar-refractivity contribution in [1.29, 1.82) is 0 Å². The van der Waals surface area contributed by atoms with Gasteiger partial charge >= 0.3 is 6.03 Å². The summed E-state index contributed by atoms with van der Waals surface area (Å²) >= 11 is 0. The van der Waals surface area contributed by atoms with Gasteiger partial charge in [-0.1, -0.05) is 55.5 Å². The predicted octanol–water partition coefficient (Wildman–Crippen LogP) is 3.47. The predicted molar refractivity (Wildman–Crippen MR) is 118 cm³/mol. The molecule has 4 rings (SSSR count). The molecule has 3 N–H and O–H groups in total. The first-order chi connectivity index (χ1) is 15.0. The third kappa shape index (κ3) is 4.17. The first kappa shape index (κ1) is 20.7. The first-order valence-corrected chi connectivity index (χ1v) is 10.6. The highest BCUT2D eigenvalue weighted by Crippen LogP contribution is 2.26. The molecule has 1 fully saturated rings. The lowest BCUT2D eigenvalue weighted by Crippen LogP contribution is -2.50. The molecule has 0 spiro atoms. The molecule has 7 nitrogen and oxygen atoms in total. The summed E-state index contributed by atoms with van der Waals surface area (Å²) in [5.74, 6) is -0.778. The van der Waals surface area contributed by atoms with Crippen LogP contribution in [-0.4, -0.2) is 33.4 Å². The van der Waals surface area contributed by atoms with Gasteiger partial charge in [-0.15, -0.1) is 0 Å². The molecule has 3 aromatic rings. The van der Waals surface area contributed by atoms with E-state index in [4.69, 9.17) is 0 Å². The van der Waals surface area contributed by atoms with Gasteiger partial charge in [0, 0.05) is 23.5 Å². The number of hydrogen-bond donors (Lipinski definition) is 3. The maximum atomic E-state index is 13.1. The van der Waals surface area contributed by atoms with Crippen LogP contribution in [0, 0.1) is 0 Å². The molecule has 1 unspecified atom stereocenters. The van der Waals surface area contributed by atoms with E-state index < -0.39 is 17.5 Å². The summed E-state index contributed by atoms with van der Waals surface area (Å²) in [6.07, 6.45) is 4.14. The number of nitrogens with one attached hydrogen (secondary N) is 3. The number of aromatic nitrogens is 1. The highest BCUT2D eigenvalue weighted by atomic mass is 16.2. The monoisotopic (exact) mass is 418 g/mol. The van der Waals surface area contributed by atoms with E-state index in [1.165, 1.54) is 0 Å². The Morgan fingerprint density at radius 3 is 2.55 bits per heavy atom. The number of H-pyrrole nitrogens is 1. The fourth-order valence-electron chi connectivity index (χ4n) is 4.08. The van der Waals surface area contributed by atoms with E-state index in [0.29, 0.717) is 25.7 Å². The Morgan fingerprint density at radius 1 is 1.03 bits per heavy atom. The maximum absolute atomic E-state index is 13.1. The minimum atomic E-state index is -1.00. The second kappa shape index (κ2) is 8.63. The number of imide groups is 1. The van der Waals surface area contributed by atoms with Crippen molar-refractivity contribution in [3.63, 3.8) is 0 Å². The Morgan fingerprint density at radius 2 is 1.77 bits per heavy atom. The molecule has 2 aromatic carbocycles. The van der Waals surface area contributed by atoms with Crippen molar-refractivity contribution in [2.45, 2.75) is 44.6 Å². The Hall–Kier alpha value is -3.61. The van der Waals surface area contributed by atoms with Gasteiger partial charge < -0.3 is 10.3 Å². The van der Waals surface area contributed by atoms with Crippen LogP contribution in [0.1, 0.15) is 37.3 Å². The van der Waals surface area contributed by atoms with Gasteiger partial charge in [-0.25, -0.2) is 4.79 Å². The largest absolute Gasteiger partial charge is 0.361 e. The number of aryl methyl sites for hydroxylation is 2. The average molecular weight is 418 g/mol. The molecule has 1 aliphatic heterocycles. The number of rotatable bonds is 8. The molecule has 7 heteroatoms. The molecule has 160 valence electrons. The number of fused-ring (bicyclic) bond motifs is 1. The highest BCUT2D eigenvalue weighted by molar-refractivity contribution is 6.08. The molecule has 0 bridgehead atoms. The van der Waals surface area contributed by atoms with Crippen LogP contribution < -0.4 is 10.7 Å². The van der Waals surface area contributed by atoms with E-state index in [-0.39, 0.29) is 12.3 Å². The van der Waals surface area contributed by atoms with Gasteiger partial charge in [-0.3, -0.25) is 15.0 Å². The summed E-state index contributed by atoms with van der Waals surface area (Å²) in [5, 5.41) is 4.71. The van der Waals surface area contributed by atoms with E-state index in [9.17, 15) is 14.4 Å². The second-order valence-corrected chi connectivity index (χ2v) is 7.89. The summed E-state index contributed by atoms with van der Waals surface area (Å²) in [7, 11) is 0. The minimum Gasteiger partial charge on any atom is -0.361 e. The summed E-state index contributed by atoms with van der Waals surface area (Å²) in [6, 6.07) is 17.1. The molecular weight excluding hydrogens is 392 g/mol. The van der Waals surface area contributed by atoms with Crippen LogP contribution in [0.2, 0.25) is 0 Å². The summed E-state index contributed by atoms with van der Waals surface area (Å²) < 4.78 is 0. The lowest BCUT2D eigenvalue weighted by molar-refractivity contribution is -0.139. The third-order valence-corrected chi connectivity index (χ3v) is 5.98. The first-order valence-electron chi connectivity index (χ1n) is 10.6. The number of carbonyl (C=O) groups excluding carboxylic acids is 3. The molecule has 1 aliphatic rings. The molecule has 1 aromatic heterocycles. The van der Waals surface area contributed by atoms with Crippen LogP contribution in [0.25, 0.3) is 10.9 Å². The Labute approximate surface area is 180 Å². The van der Waals surface area contributed by atoms with Crippen LogP contribution in [0.5, 0.6) is 0 Å². The van der Waals surface area contributed by atoms with Crippen molar-refractivity contribution in [2.75, 3.05) is 0 Å². The van der Waals surface area contributed by atoms with Gasteiger partial charge in [-0.05, 0) is 42.9 Å².